The maximum absolute atomic E-state index is 11.8. The highest BCUT2D eigenvalue weighted by atomic mass is 32.2. The highest BCUT2D eigenvalue weighted by molar-refractivity contribution is 7.91. The molecular formula is C14H21N3O4S. The van der Waals surface area contributed by atoms with E-state index in [1.54, 1.807) is 6.92 Å². The number of sulfone groups is 1. The summed E-state index contributed by atoms with van der Waals surface area (Å²) in [6.45, 7) is 4.08. The average molecular weight is 327 g/mol. The lowest BCUT2D eigenvalue weighted by Crippen LogP contribution is -2.39. The second kappa shape index (κ2) is 6.51. The van der Waals surface area contributed by atoms with Crippen LogP contribution in [0, 0.1) is 19.8 Å². The second-order valence-corrected chi connectivity index (χ2v) is 8.00. The summed E-state index contributed by atoms with van der Waals surface area (Å²) in [6, 6.07) is 1.45. The predicted molar refractivity (Wildman–Crippen MR) is 83.5 cm³/mol. The normalized spacial score (nSPS) is 19.8. The van der Waals surface area contributed by atoms with Gasteiger partial charge in [-0.3, -0.25) is 4.79 Å². The largest absolute Gasteiger partial charge is 0.338 e. The maximum Gasteiger partial charge on any atom is 0.315 e. The van der Waals surface area contributed by atoms with Crippen molar-refractivity contribution in [1.29, 1.82) is 0 Å². The Labute approximate surface area is 129 Å². The number of aromatic nitrogens is 1. The first kappa shape index (κ1) is 16.5. The molecule has 1 aliphatic rings. The molecule has 2 amide bonds. The highest BCUT2D eigenvalue weighted by Gasteiger charge is 2.27. The molecule has 3 N–H and O–H groups in total. The molecule has 1 fully saturated rings. The molecule has 2 rings (SSSR count). The molecule has 1 saturated heterocycles. The van der Waals surface area contributed by atoms with Crippen molar-refractivity contribution in [2.24, 2.45) is 5.92 Å². The lowest BCUT2D eigenvalue weighted by molar-refractivity contribution is 0.239. The first-order chi connectivity index (χ1) is 10.3. The number of pyridine rings is 1. The number of aromatic amines is 1. The Balaban J connectivity index is 1.83. The van der Waals surface area contributed by atoms with E-state index in [1.165, 1.54) is 0 Å². The van der Waals surface area contributed by atoms with E-state index in [9.17, 15) is 18.0 Å². The van der Waals surface area contributed by atoms with Crippen molar-refractivity contribution >= 4 is 15.9 Å². The van der Waals surface area contributed by atoms with Gasteiger partial charge in [-0.1, -0.05) is 0 Å². The van der Waals surface area contributed by atoms with E-state index >= 15 is 0 Å². The molecule has 0 saturated carbocycles. The van der Waals surface area contributed by atoms with Gasteiger partial charge in [-0.25, -0.2) is 13.2 Å². The van der Waals surface area contributed by atoms with Crippen LogP contribution in [0.4, 0.5) is 4.79 Å². The van der Waals surface area contributed by atoms with Gasteiger partial charge < -0.3 is 15.6 Å². The molecule has 22 heavy (non-hydrogen) atoms. The van der Waals surface area contributed by atoms with Crippen molar-refractivity contribution in [1.82, 2.24) is 15.6 Å². The van der Waals surface area contributed by atoms with Crippen molar-refractivity contribution in [2.45, 2.75) is 26.8 Å². The van der Waals surface area contributed by atoms with Crippen LogP contribution >= 0.6 is 0 Å². The van der Waals surface area contributed by atoms with Crippen molar-refractivity contribution < 1.29 is 13.2 Å². The SMILES string of the molecule is Cc1cc(C)c(CNC(=O)NC[C@H]2CCS(=O)(=O)C2)c(=O)[nH]1. The van der Waals surface area contributed by atoms with Crippen molar-refractivity contribution in [2.75, 3.05) is 18.1 Å². The number of aryl methyl sites for hydroxylation is 2. The van der Waals surface area contributed by atoms with Crippen LogP contribution in [-0.4, -0.2) is 37.5 Å². The quantitative estimate of drug-likeness (QED) is 0.735. The zero-order chi connectivity index (χ0) is 16.3. The van der Waals surface area contributed by atoms with Crippen molar-refractivity contribution in [3.8, 4) is 0 Å². The fraction of sp³-hybridized carbons (Fsp3) is 0.571. The Hall–Kier alpha value is -1.83. The first-order valence-corrected chi connectivity index (χ1v) is 9.00. The summed E-state index contributed by atoms with van der Waals surface area (Å²) in [5, 5.41) is 5.28. The van der Waals surface area contributed by atoms with Crippen LogP contribution in [0.3, 0.4) is 0 Å². The first-order valence-electron chi connectivity index (χ1n) is 7.18. The summed E-state index contributed by atoms with van der Waals surface area (Å²) in [5.41, 5.74) is 1.91. The number of carbonyl (C=O) groups excluding carboxylic acids is 1. The van der Waals surface area contributed by atoms with Crippen LogP contribution in [0.5, 0.6) is 0 Å². The molecule has 2 heterocycles. The van der Waals surface area contributed by atoms with Gasteiger partial charge in [0.25, 0.3) is 5.56 Å². The molecule has 0 bridgehead atoms. The molecule has 0 aliphatic carbocycles. The van der Waals surface area contributed by atoms with E-state index in [2.05, 4.69) is 15.6 Å². The lowest BCUT2D eigenvalue weighted by atomic mass is 10.1. The standard InChI is InChI=1S/C14H21N3O4S/c1-9-5-10(2)17-13(18)12(9)7-16-14(19)15-6-11-3-4-22(20,21)8-11/h5,11H,3-4,6-8H2,1-2H3,(H,17,18)(H2,15,16,19)/t11-/m1/s1. The van der Waals surface area contributed by atoms with Gasteiger partial charge in [0, 0.05) is 17.8 Å². The topological polar surface area (TPSA) is 108 Å². The zero-order valence-electron chi connectivity index (χ0n) is 12.7. The lowest BCUT2D eigenvalue weighted by Gasteiger charge is -2.11. The Kier molecular flexibility index (Phi) is 4.90. The Morgan fingerprint density at radius 3 is 2.68 bits per heavy atom. The minimum atomic E-state index is -2.93. The third kappa shape index (κ3) is 4.33. The zero-order valence-corrected chi connectivity index (χ0v) is 13.5. The van der Waals surface area contributed by atoms with Crippen LogP contribution in [0.15, 0.2) is 10.9 Å². The van der Waals surface area contributed by atoms with Crippen LogP contribution < -0.4 is 16.2 Å². The van der Waals surface area contributed by atoms with Gasteiger partial charge >= 0.3 is 6.03 Å². The molecule has 1 aliphatic heterocycles. The molecule has 0 aromatic carbocycles. The van der Waals surface area contributed by atoms with E-state index < -0.39 is 15.9 Å². The van der Waals surface area contributed by atoms with E-state index in [0.717, 1.165) is 11.3 Å². The summed E-state index contributed by atoms with van der Waals surface area (Å²) in [4.78, 5) is 26.3. The van der Waals surface area contributed by atoms with Gasteiger partial charge in [0.2, 0.25) is 0 Å². The average Bonchev–Trinajstić information content (AvgIpc) is 2.74. The summed E-state index contributed by atoms with van der Waals surface area (Å²) in [6.07, 6.45) is 0.583. The van der Waals surface area contributed by atoms with Crippen molar-refractivity contribution in [3.05, 3.63) is 33.2 Å². The number of rotatable bonds is 4. The summed E-state index contributed by atoms with van der Waals surface area (Å²) < 4.78 is 22.7. The molecule has 0 unspecified atom stereocenters. The van der Waals surface area contributed by atoms with E-state index in [0.29, 0.717) is 18.5 Å². The number of urea groups is 1. The van der Waals surface area contributed by atoms with E-state index in [-0.39, 0.29) is 29.5 Å². The summed E-state index contributed by atoms with van der Waals surface area (Å²) in [5.74, 6) is 0.295. The van der Waals surface area contributed by atoms with Crippen LogP contribution in [0.25, 0.3) is 0 Å². The second-order valence-electron chi connectivity index (χ2n) is 5.78. The number of carbonyl (C=O) groups is 1. The number of nitrogens with one attached hydrogen (secondary N) is 3. The fourth-order valence-electron chi connectivity index (χ4n) is 2.60. The van der Waals surface area contributed by atoms with Crippen molar-refractivity contribution in [3.63, 3.8) is 0 Å². The molecule has 1 aromatic rings. The van der Waals surface area contributed by atoms with Crippen LogP contribution in [0.1, 0.15) is 23.2 Å². The molecule has 7 nitrogen and oxygen atoms in total. The third-order valence-corrected chi connectivity index (χ3v) is 5.63. The molecule has 1 atom stereocenters. The van der Waals surface area contributed by atoms with E-state index in [4.69, 9.17) is 0 Å². The van der Waals surface area contributed by atoms with Gasteiger partial charge in [-0.2, -0.15) is 0 Å². The number of amides is 2. The molecular weight excluding hydrogens is 306 g/mol. The fourth-order valence-corrected chi connectivity index (χ4v) is 4.46. The Morgan fingerprint density at radius 2 is 2.09 bits per heavy atom. The summed E-state index contributed by atoms with van der Waals surface area (Å²) in [7, 11) is -2.93. The van der Waals surface area contributed by atoms with Crippen LogP contribution in [-0.2, 0) is 16.4 Å². The number of hydrogen-bond acceptors (Lipinski definition) is 4. The van der Waals surface area contributed by atoms with Gasteiger partial charge in [0.15, 0.2) is 9.84 Å². The third-order valence-electron chi connectivity index (χ3n) is 3.80. The van der Waals surface area contributed by atoms with Gasteiger partial charge in [-0.05, 0) is 37.8 Å². The molecule has 8 heteroatoms. The molecule has 0 spiro atoms. The van der Waals surface area contributed by atoms with Crippen LogP contribution in [0.2, 0.25) is 0 Å². The summed E-state index contributed by atoms with van der Waals surface area (Å²) >= 11 is 0. The molecule has 0 radical (unpaired) electrons. The maximum atomic E-state index is 11.8. The number of hydrogen-bond donors (Lipinski definition) is 3. The minimum absolute atomic E-state index is 0.0275. The Bertz CT molecular complexity index is 724. The molecule has 1 aromatic heterocycles. The Morgan fingerprint density at radius 1 is 1.36 bits per heavy atom. The van der Waals surface area contributed by atoms with Gasteiger partial charge in [0.05, 0.1) is 18.1 Å². The smallest absolute Gasteiger partial charge is 0.315 e. The van der Waals surface area contributed by atoms with E-state index in [1.807, 2.05) is 13.0 Å². The predicted octanol–water partition coefficient (Wildman–Crippen LogP) is 0.226. The van der Waals surface area contributed by atoms with Gasteiger partial charge in [0.1, 0.15) is 0 Å². The number of H-pyrrole nitrogens is 1. The monoisotopic (exact) mass is 327 g/mol. The molecule has 122 valence electrons. The highest BCUT2D eigenvalue weighted by Crippen LogP contribution is 2.17. The van der Waals surface area contributed by atoms with Gasteiger partial charge in [-0.15, -0.1) is 0 Å². The minimum Gasteiger partial charge on any atom is -0.338 e.